The van der Waals surface area contributed by atoms with Crippen LogP contribution in [0.5, 0.6) is 11.5 Å². The predicted octanol–water partition coefficient (Wildman–Crippen LogP) is 2.44. The zero-order valence-corrected chi connectivity index (χ0v) is 16.3. The second kappa shape index (κ2) is 7.67. The van der Waals surface area contributed by atoms with Crippen LogP contribution in [0.15, 0.2) is 28.4 Å². The van der Waals surface area contributed by atoms with E-state index in [-0.39, 0.29) is 17.9 Å². The molecule has 1 aromatic carbocycles. The number of benzene rings is 1. The van der Waals surface area contributed by atoms with Gasteiger partial charge in [0.1, 0.15) is 11.5 Å². The highest BCUT2D eigenvalue weighted by atomic mass is 32.1. The van der Waals surface area contributed by atoms with Gasteiger partial charge in [-0.15, -0.1) is 11.3 Å². The van der Waals surface area contributed by atoms with Crippen LogP contribution in [0.3, 0.4) is 0 Å². The molecule has 3 rings (SSSR count). The molecule has 2 N–H and O–H groups in total. The van der Waals surface area contributed by atoms with Crippen LogP contribution in [0.25, 0.3) is 5.13 Å². The Bertz CT molecular complexity index is 1030. The van der Waals surface area contributed by atoms with Crippen molar-refractivity contribution in [1.29, 1.82) is 0 Å². The van der Waals surface area contributed by atoms with Gasteiger partial charge < -0.3 is 14.8 Å². The number of carbonyl (C=O) groups is 1. The van der Waals surface area contributed by atoms with Gasteiger partial charge in [-0.25, -0.2) is 4.98 Å². The molecule has 0 aliphatic carbocycles. The van der Waals surface area contributed by atoms with E-state index < -0.39 is 0 Å². The number of thiazole rings is 1. The Kier molecular flexibility index (Phi) is 5.31. The van der Waals surface area contributed by atoms with Crippen molar-refractivity contribution in [3.63, 3.8) is 0 Å². The number of nitrogens with one attached hydrogen (secondary N) is 2. The second-order valence-corrected chi connectivity index (χ2v) is 6.76. The van der Waals surface area contributed by atoms with Crippen molar-refractivity contribution in [1.82, 2.24) is 14.8 Å². The largest absolute Gasteiger partial charge is 0.497 e. The number of methoxy groups -OCH3 is 2. The summed E-state index contributed by atoms with van der Waals surface area (Å²) >= 11 is 1.36. The fourth-order valence-electron chi connectivity index (χ4n) is 2.63. The van der Waals surface area contributed by atoms with Crippen LogP contribution in [-0.2, 0) is 11.2 Å². The quantitative estimate of drug-likeness (QED) is 0.676. The van der Waals surface area contributed by atoms with Gasteiger partial charge in [0.25, 0.3) is 5.56 Å². The first-order chi connectivity index (χ1) is 12.9. The third kappa shape index (κ3) is 3.87. The molecular weight excluding hydrogens is 368 g/mol. The Morgan fingerprint density at radius 2 is 2.07 bits per heavy atom. The number of hydrogen-bond donors (Lipinski definition) is 2. The fraction of sp³-hybridized carbons (Fsp3) is 0.278. The number of aryl methyl sites for hydroxylation is 2. The first-order valence-electron chi connectivity index (χ1n) is 8.17. The number of aromatic amines is 1. The molecule has 0 bridgehead atoms. The molecule has 2 aromatic heterocycles. The first kappa shape index (κ1) is 18.7. The number of amides is 1. The highest BCUT2D eigenvalue weighted by molar-refractivity contribution is 7.12. The van der Waals surface area contributed by atoms with E-state index in [1.807, 2.05) is 12.3 Å². The third-order valence-electron chi connectivity index (χ3n) is 4.01. The van der Waals surface area contributed by atoms with Crippen LogP contribution in [-0.4, -0.2) is 34.9 Å². The van der Waals surface area contributed by atoms with E-state index in [0.717, 1.165) is 5.69 Å². The number of ether oxygens (including phenoxy) is 2. The summed E-state index contributed by atoms with van der Waals surface area (Å²) in [5, 5.41) is 8.16. The standard InChI is InChI=1S/C18H20N4O4S/c1-10-9-27-18(19-10)22-17(24)13(11(2)21-22)8-16(23)20-14-6-5-12(25-3)7-15(14)26-4/h5-7,9,21H,8H2,1-4H3,(H,20,23). The molecule has 0 saturated carbocycles. The predicted molar refractivity (Wildman–Crippen MR) is 103 cm³/mol. The summed E-state index contributed by atoms with van der Waals surface area (Å²) in [5.74, 6) is 0.775. The zero-order chi connectivity index (χ0) is 19.6. The van der Waals surface area contributed by atoms with Gasteiger partial charge in [0.15, 0.2) is 0 Å². The Morgan fingerprint density at radius 3 is 2.70 bits per heavy atom. The Labute approximate surface area is 159 Å². The van der Waals surface area contributed by atoms with E-state index in [0.29, 0.717) is 33.6 Å². The van der Waals surface area contributed by atoms with Crippen molar-refractivity contribution in [3.8, 4) is 16.6 Å². The lowest BCUT2D eigenvalue weighted by molar-refractivity contribution is -0.115. The molecular formula is C18H20N4O4S. The summed E-state index contributed by atoms with van der Waals surface area (Å²) in [7, 11) is 3.06. The molecule has 0 radical (unpaired) electrons. The maximum absolute atomic E-state index is 12.7. The second-order valence-electron chi connectivity index (χ2n) is 5.92. The molecule has 0 aliphatic heterocycles. The van der Waals surface area contributed by atoms with Crippen LogP contribution in [0.1, 0.15) is 17.0 Å². The third-order valence-corrected chi connectivity index (χ3v) is 4.96. The number of hydrogen-bond acceptors (Lipinski definition) is 6. The molecule has 3 aromatic rings. The number of nitrogens with zero attached hydrogens (tertiary/aromatic N) is 2. The number of aromatic nitrogens is 3. The minimum Gasteiger partial charge on any atom is -0.497 e. The van der Waals surface area contributed by atoms with Gasteiger partial charge in [0, 0.05) is 22.7 Å². The maximum atomic E-state index is 12.7. The maximum Gasteiger partial charge on any atom is 0.277 e. The van der Waals surface area contributed by atoms with Crippen molar-refractivity contribution in [2.75, 3.05) is 19.5 Å². The van der Waals surface area contributed by atoms with E-state index >= 15 is 0 Å². The normalized spacial score (nSPS) is 10.7. The first-order valence-corrected chi connectivity index (χ1v) is 9.05. The highest BCUT2D eigenvalue weighted by Crippen LogP contribution is 2.29. The van der Waals surface area contributed by atoms with Crippen molar-refractivity contribution in [2.45, 2.75) is 20.3 Å². The van der Waals surface area contributed by atoms with Gasteiger partial charge in [-0.3, -0.25) is 14.7 Å². The Balaban J connectivity index is 1.81. The Morgan fingerprint density at radius 1 is 1.30 bits per heavy atom. The van der Waals surface area contributed by atoms with Gasteiger partial charge in [-0.1, -0.05) is 0 Å². The molecule has 0 atom stereocenters. The minimum absolute atomic E-state index is 0.0618. The van der Waals surface area contributed by atoms with E-state index in [1.54, 1.807) is 32.2 Å². The van der Waals surface area contributed by atoms with E-state index in [4.69, 9.17) is 9.47 Å². The minimum atomic E-state index is -0.319. The van der Waals surface area contributed by atoms with Crippen LogP contribution in [0, 0.1) is 13.8 Å². The van der Waals surface area contributed by atoms with Crippen molar-refractivity contribution < 1.29 is 14.3 Å². The van der Waals surface area contributed by atoms with E-state index in [9.17, 15) is 9.59 Å². The highest BCUT2D eigenvalue weighted by Gasteiger charge is 2.18. The molecule has 0 unspecified atom stereocenters. The summed E-state index contributed by atoms with van der Waals surface area (Å²) in [5.41, 5.74) is 2.09. The van der Waals surface area contributed by atoms with Crippen LogP contribution in [0.2, 0.25) is 0 Å². The average molecular weight is 388 g/mol. The van der Waals surface area contributed by atoms with Crippen molar-refractivity contribution in [2.24, 2.45) is 0 Å². The molecule has 27 heavy (non-hydrogen) atoms. The monoisotopic (exact) mass is 388 g/mol. The van der Waals surface area contributed by atoms with Gasteiger partial charge in [0.2, 0.25) is 11.0 Å². The molecule has 1 amide bonds. The lowest BCUT2D eigenvalue weighted by Gasteiger charge is -2.11. The van der Waals surface area contributed by atoms with E-state index in [1.165, 1.54) is 23.1 Å². The van der Waals surface area contributed by atoms with E-state index in [2.05, 4.69) is 15.4 Å². The summed E-state index contributed by atoms with van der Waals surface area (Å²) in [6, 6.07) is 5.09. The van der Waals surface area contributed by atoms with Gasteiger partial charge >= 0.3 is 0 Å². The van der Waals surface area contributed by atoms with Gasteiger partial charge in [-0.2, -0.15) is 4.68 Å². The molecule has 8 nitrogen and oxygen atoms in total. The van der Waals surface area contributed by atoms with Crippen LogP contribution in [0.4, 0.5) is 5.69 Å². The molecule has 0 saturated heterocycles. The summed E-state index contributed by atoms with van der Waals surface area (Å²) in [6.45, 7) is 3.62. The summed E-state index contributed by atoms with van der Waals surface area (Å²) < 4.78 is 11.8. The van der Waals surface area contributed by atoms with Gasteiger partial charge in [-0.05, 0) is 26.0 Å². The number of H-pyrrole nitrogens is 1. The average Bonchev–Trinajstić information content (AvgIpc) is 3.20. The van der Waals surface area contributed by atoms with Crippen LogP contribution >= 0.6 is 11.3 Å². The zero-order valence-electron chi connectivity index (χ0n) is 15.5. The number of rotatable bonds is 6. The lowest BCUT2D eigenvalue weighted by atomic mass is 10.1. The molecule has 9 heteroatoms. The molecule has 0 spiro atoms. The number of carbonyl (C=O) groups excluding carboxylic acids is 1. The summed E-state index contributed by atoms with van der Waals surface area (Å²) in [6.07, 6.45) is -0.0618. The summed E-state index contributed by atoms with van der Waals surface area (Å²) in [4.78, 5) is 29.5. The molecule has 2 heterocycles. The topological polar surface area (TPSA) is 98.2 Å². The van der Waals surface area contributed by atoms with Crippen molar-refractivity contribution in [3.05, 3.63) is 50.9 Å². The number of anilines is 1. The SMILES string of the molecule is COc1ccc(NC(=O)Cc2c(C)[nH]n(-c3nc(C)cs3)c2=O)c(OC)c1. The van der Waals surface area contributed by atoms with Crippen LogP contribution < -0.4 is 20.3 Å². The fourth-order valence-corrected chi connectivity index (χ4v) is 3.38. The molecule has 0 fully saturated rings. The Hall–Kier alpha value is -3.07. The molecule has 0 aliphatic rings. The molecule has 142 valence electrons. The lowest BCUT2D eigenvalue weighted by Crippen LogP contribution is -2.22. The van der Waals surface area contributed by atoms with Crippen molar-refractivity contribution >= 4 is 22.9 Å². The van der Waals surface area contributed by atoms with Gasteiger partial charge in [0.05, 0.1) is 32.0 Å². The smallest absolute Gasteiger partial charge is 0.277 e.